The van der Waals surface area contributed by atoms with E-state index in [0.717, 1.165) is 16.6 Å². The minimum Gasteiger partial charge on any atom is -0.399 e. The van der Waals surface area contributed by atoms with Crippen LogP contribution in [0.1, 0.15) is 38.1 Å². The zero-order valence-electron chi connectivity index (χ0n) is 14.5. The molecule has 1 fully saturated rings. The van der Waals surface area contributed by atoms with Crippen molar-refractivity contribution in [3.63, 3.8) is 0 Å². The molecule has 5 heteroatoms. The molecule has 2 aromatic rings. The van der Waals surface area contributed by atoms with Crippen LogP contribution in [0.2, 0.25) is 0 Å². The molecule has 0 bridgehead atoms. The van der Waals surface area contributed by atoms with Crippen molar-refractivity contribution in [3.05, 3.63) is 54.1 Å². The van der Waals surface area contributed by atoms with Gasteiger partial charge in [-0.1, -0.05) is 42.5 Å². The van der Waals surface area contributed by atoms with Gasteiger partial charge in [0.15, 0.2) is 0 Å². The number of primary amides is 1. The average Bonchev–Trinajstić information content (AvgIpc) is 2.75. The third kappa shape index (κ3) is 2.85. The summed E-state index contributed by atoms with van der Waals surface area (Å²) in [5.41, 5.74) is 7.80. The summed E-state index contributed by atoms with van der Waals surface area (Å²) in [7, 11) is -0.473. The Kier molecular flexibility index (Phi) is 4.02. The number of carbonyl (C=O) groups excluding carboxylic acids is 1. The van der Waals surface area contributed by atoms with Crippen molar-refractivity contribution in [1.82, 2.24) is 0 Å². The number of hydrogen-bond donors (Lipinski definition) is 1. The van der Waals surface area contributed by atoms with Crippen molar-refractivity contribution in [3.8, 4) is 11.1 Å². The lowest BCUT2D eigenvalue weighted by atomic mass is 9.77. The molecule has 3 rings (SSSR count). The van der Waals surface area contributed by atoms with Crippen molar-refractivity contribution in [2.45, 2.75) is 38.9 Å². The highest BCUT2D eigenvalue weighted by Crippen LogP contribution is 2.36. The van der Waals surface area contributed by atoms with Gasteiger partial charge in [-0.05, 0) is 50.4 Å². The Labute approximate surface area is 143 Å². The summed E-state index contributed by atoms with van der Waals surface area (Å²) in [4.78, 5) is 11.8. The van der Waals surface area contributed by atoms with E-state index < -0.39 is 24.2 Å². The van der Waals surface area contributed by atoms with Gasteiger partial charge in [0.2, 0.25) is 5.91 Å². The van der Waals surface area contributed by atoms with Crippen LogP contribution >= 0.6 is 0 Å². The van der Waals surface area contributed by atoms with E-state index in [1.807, 2.05) is 70.2 Å². The fraction of sp³-hybridized carbons (Fsp3) is 0.316. The van der Waals surface area contributed by atoms with E-state index in [-0.39, 0.29) is 0 Å². The molecule has 0 radical (unpaired) electrons. The van der Waals surface area contributed by atoms with Gasteiger partial charge in [0.25, 0.3) is 0 Å². The molecule has 124 valence electrons. The molecule has 1 aliphatic rings. The van der Waals surface area contributed by atoms with Gasteiger partial charge in [0.05, 0.1) is 11.2 Å². The molecule has 0 atom stereocenters. The molecule has 1 heterocycles. The molecule has 24 heavy (non-hydrogen) atoms. The maximum absolute atomic E-state index is 11.8. The number of amides is 1. The fourth-order valence-corrected chi connectivity index (χ4v) is 2.76. The van der Waals surface area contributed by atoms with Crippen LogP contribution < -0.4 is 11.2 Å². The average molecular weight is 323 g/mol. The molecule has 0 aliphatic carbocycles. The highest BCUT2D eigenvalue weighted by Gasteiger charge is 2.51. The predicted molar refractivity (Wildman–Crippen MR) is 96.1 cm³/mol. The summed E-state index contributed by atoms with van der Waals surface area (Å²) < 4.78 is 12.2. The second-order valence-corrected chi connectivity index (χ2v) is 7.12. The summed E-state index contributed by atoms with van der Waals surface area (Å²) in [5.74, 6) is -0.450. The third-order valence-electron chi connectivity index (χ3n) is 4.92. The van der Waals surface area contributed by atoms with Crippen molar-refractivity contribution >= 4 is 18.5 Å². The zero-order chi connectivity index (χ0) is 17.5. The Morgan fingerprint density at radius 1 is 0.958 bits per heavy atom. The highest BCUT2D eigenvalue weighted by atomic mass is 16.7. The van der Waals surface area contributed by atoms with Crippen LogP contribution in [0.4, 0.5) is 0 Å². The van der Waals surface area contributed by atoms with Gasteiger partial charge in [-0.3, -0.25) is 4.79 Å². The summed E-state index contributed by atoms with van der Waals surface area (Å²) >= 11 is 0. The van der Waals surface area contributed by atoms with Crippen molar-refractivity contribution in [2.24, 2.45) is 5.73 Å². The number of nitrogens with two attached hydrogens (primary N) is 1. The Morgan fingerprint density at radius 2 is 1.54 bits per heavy atom. The van der Waals surface area contributed by atoms with Gasteiger partial charge in [-0.25, -0.2) is 0 Å². The zero-order valence-corrected chi connectivity index (χ0v) is 14.5. The van der Waals surface area contributed by atoms with Gasteiger partial charge in [0, 0.05) is 5.56 Å². The van der Waals surface area contributed by atoms with E-state index in [0.29, 0.717) is 5.56 Å². The van der Waals surface area contributed by atoms with Crippen LogP contribution in [0, 0.1) is 0 Å². The molecule has 0 spiro atoms. The summed E-state index contributed by atoms with van der Waals surface area (Å²) in [6.45, 7) is 8.07. The molecule has 1 amide bonds. The Morgan fingerprint density at radius 3 is 2.08 bits per heavy atom. The van der Waals surface area contributed by atoms with Gasteiger partial charge in [0.1, 0.15) is 0 Å². The first kappa shape index (κ1) is 16.7. The molecule has 1 aliphatic heterocycles. The smallest absolute Gasteiger partial charge is 0.399 e. The first-order chi connectivity index (χ1) is 11.2. The van der Waals surface area contributed by atoms with Crippen molar-refractivity contribution < 1.29 is 14.1 Å². The molecular weight excluding hydrogens is 301 g/mol. The second-order valence-electron chi connectivity index (χ2n) is 7.12. The quantitative estimate of drug-likeness (QED) is 0.884. The molecule has 2 N–H and O–H groups in total. The minimum atomic E-state index is -0.473. The summed E-state index contributed by atoms with van der Waals surface area (Å²) in [6, 6.07) is 15.2. The maximum Gasteiger partial charge on any atom is 0.494 e. The molecule has 1 saturated heterocycles. The molecular formula is C19H22BNO3. The lowest BCUT2D eigenvalue weighted by molar-refractivity contribution is 0.00578. The van der Waals surface area contributed by atoms with Gasteiger partial charge in [-0.15, -0.1) is 0 Å². The lowest BCUT2D eigenvalue weighted by Gasteiger charge is -2.32. The summed E-state index contributed by atoms with van der Waals surface area (Å²) in [5, 5.41) is 0. The van der Waals surface area contributed by atoms with E-state index in [4.69, 9.17) is 15.0 Å². The first-order valence-corrected chi connectivity index (χ1v) is 8.06. The normalized spacial score (nSPS) is 18.6. The fourth-order valence-electron chi connectivity index (χ4n) is 2.76. The Hall–Kier alpha value is -2.11. The molecule has 2 aromatic carbocycles. The van der Waals surface area contributed by atoms with E-state index in [1.165, 1.54) is 0 Å². The molecule has 4 nitrogen and oxygen atoms in total. The predicted octanol–water partition coefficient (Wildman–Crippen LogP) is 2.75. The monoisotopic (exact) mass is 323 g/mol. The van der Waals surface area contributed by atoms with Crippen LogP contribution in [0.25, 0.3) is 11.1 Å². The number of carbonyl (C=O) groups is 1. The minimum absolute atomic E-state index is 0.410. The molecule has 0 saturated carbocycles. The van der Waals surface area contributed by atoms with Gasteiger partial charge >= 0.3 is 7.12 Å². The highest BCUT2D eigenvalue weighted by molar-refractivity contribution is 6.62. The van der Waals surface area contributed by atoms with E-state index in [9.17, 15) is 4.79 Å². The van der Waals surface area contributed by atoms with E-state index in [1.54, 1.807) is 6.07 Å². The van der Waals surface area contributed by atoms with Crippen LogP contribution in [0.3, 0.4) is 0 Å². The Balaban J connectivity index is 2.05. The molecule has 0 aromatic heterocycles. The topological polar surface area (TPSA) is 61.5 Å². The third-order valence-corrected chi connectivity index (χ3v) is 4.92. The van der Waals surface area contributed by atoms with E-state index >= 15 is 0 Å². The largest absolute Gasteiger partial charge is 0.494 e. The van der Waals surface area contributed by atoms with Crippen LogP contribution in [-0.2, 0) is 9.31 Å². The van der Waals surface area contributed by atoms with Gasteiger partial charge < -0.3 is 15.0 Å². The second kappa shape index (κ2) is 5.76. The number of benzene rings is 2. The van der Waals surface area contributed by atoms with Crippen LogP contribution in [0.15, 0.2) is 48.5 Å². The standard InChI is InChI=1S/C19H22BNO3/c1-18(2)19(3,4)24-20(23-18)14-10-11-15(17(21)22)16(12-14)13-8-6-5-7-9-13/h5-12H,1-4H3,(H2,21,22). The lowest BCUT2D eigenvalue weighted by Crippen LogP contribution is -2.41. The van der Waals surface area contributed by atoms with Crippen molar-refractivity contribution in [1.29, 1.82) is 0 Å². The maximum atomic E-state index is 11.8. The first-order valence-electron chi connectivity index (χ1n) is 8.06. The van der Waals surface area contributed by atoms with Crippen molar-refractivity contribution in [2.75, 3.05) is 0 Å². The van der Waals surface area contributed by atoms with E-state index in [2.05, 4.69) is 0 Å². The van der Waals surface area contributed by atoms with Crippen LogP contribution in [-0.4, -0.2) is 24.2 Å². The summed E-state index contributed by atoms with van der Waals surface area (Å²) in [6.07, 6.45) is 0. The SMILES string of the molecule is CC1(C)OB(c2ccc(C(N)=O)c(-c3ccccc3)c2)OC1(C)C. The number of rotatable bonds is 3. The van der Waals surface area contributed by atoms with Crippen LogP contribution in [0.5, 0.6) is 0 Å². The van der Waals surface area contributed by atoms with Gasteiger partial charge in [-0.2, -0.15) is 0 Å². The Bertz CT molecular complexity index is 755. The number of hydrogen-bond acceptors (Lipinski definition) is 3. The molecule has 0 unspecified atom stereocenters.